The van der Waals surface area contributed by atoms with Crippen LogP contribution < -0.4 is 0 Å². The van der Waals surface area contributed by atoms with Crippen LogP contribution in [-0.2, 0) is 0 Å². The smallest absolute Gasteiger partial charge is 0.407 e. The maximum Gasteiger partial charge on any atom is 0.407 e. The second kappa shape index (κ2) is 6.98. The molecule has 136 valence electrons. The minimum absolute atomic E-state index is 0.0919. The first-order valence-electron chi connectivity index (χ1n) is 9.43. The average molecular weight is 352 g/mol. The normalized spacial score (nSPS) is 18.5. The van der Waals surface area contributed by atoms with E-state index >= 15 is 0 Å². The van der Waals surface area contributed by atoms with Crippen LogP contribution in [0.4, 0.5) is 4.79 Å². The molecule has 5 heteroatoms. The van der Waals surface area contributed by atoms with E-state index in [0.29, 0.717) is 19.1 Å². The van der Waals surface area contributed by atoms with Crippen molar-refractivity contribution in [3.05, 3.63) is 48.0 Å². The summed E-state index contributed by atoms with van der Waals surface area (Å²) in [5.74, 6) is 0.0919. The van der Waals surface area contributed by atoms with E-state index in [4.69, 9.17) is 5.11 Å². The van der Waals surface area contributed by atoms with Gasteiger partial charge in [-0.15, -0.1) is 0 Å². The molecule has 0 aromatic heterocycles. The summed E-state index contributed by atoms with van der Waals surface area (Å²) in [6, 6.07) is 14.4. The van der Waals surface area contributed by atoms with Gasteiger partial charge in [-0.2, -0.15) is 0 Å². The van der Waals surface area contributed by atoms with E-state index in [1.54, 1.807) is 0 Å². The zero-order valence-electron chi connectivity index (χ0n) is 14.8. The van der Waals surface area contributed by atoms with Crippen LogP contribution in [0.2, 0.25) is 0 Å². The van der Waals surface area contributed by atoms with E-state index in [1.165, 1.54) is 11.3 Å². The molecule has 1 N–H and O–H groups in total. The van der Waals surface area contributed by atoms with E-state index in [0.717, 1.165) is 42.0 Å². The van der Waals surface area contributed by atoms with Crippen molar-refractivity contribution < 1.29 is 14.7 Å². The Balaban J connectivity index is 1.57. The van der Waals surface area contributed by atoms with Gasteiger partial charge >= 0.3 is 6.09 Å². The van der Waals surface area contributed by atoms with Crippen molar-refractivity contribution >= 4 is 22.8 Å². The Bertz CT molecular complexity index is 823. The third-order valence-electron chi connectivity index (χ3n) is 5.83. The summed E-state index contributed by atoms with van der Waals surface area (Å²) in [6.07, 6.45) is 3.86. The van der Waals surface area contributed by atoms with Crippen LogP contribution in [0, 0.1) is 0 Å². The van der Waals surface area contributed by atoms with Gasteiger partial charge in [-0.25, -0.2) is 4.79 Å². The Kier molecular flexibility index (Phi) is 4.53. The molecular formula is C21H24N2O3. The highest BCUT2D eigenvalue weighted by Gasteiger charge is 2.36. The first kappa shape index (κ1) is 16.9. The molecule has 2 fully saturated rings. The summed E-state index contributed by atoms with van der Waals surface area (Å²) < 4.78 is 0. The Morgan fingerprint density at radius 3 is 2.19 bits per heavy atom. The van der Waals surface area contributed by atoms with Crippen molar-refractivity contribution in [2.45, 2.75) is 44.2 Å². The number of fused-ring (bicyclic) bond motifs is 1. The predicted molar refractivity (Wildman–Crippen MR) is 100 cm³/mol. The topological polar surface area (TPSA) is 60.9 Å². The number of hydrogen-bond acceptors (Lipinski definition) is 2. The fourth-order valence-electron chi connectivity index (χ4n) is 4.10. The van der Waals surface area contributed by atoms with Gasteiger partial charge < -0.3 is 14.9 Å². The molecule has 5 nitrogen and oxygen atoms in total. The first-order chi connectivity index (χ1) is 12.6. The van der Waals surface area contributed by atoms with Gasteiger partial charge in [-0.05, 0) is 55.0 Å². The minimum atomic E-state index is -0.862. The number of nitrogens with zero attached hydrogens (tertiary/aromatic N) is 2. The largest absolute Gasteiger partial charge is 0.465 e. The molecule has 2 aromatic carbocycles. The summed E-state index contributed by atoms with van der Waals surface area (Å²) in [5, 5.41) is 11.4. The summed E-state index contributed by atoms with van der Waals surface area (Å²) >= 11 is 0. The van der Waals surface area contributed by atoms with Crippen molar-refractivity contribution in [1.82, 2.24) is 9.80 Å². The standard InChI is InChI=1S/C21H24N2O3/c24-20(17-9-8-15-4-1-2-5-16(15)14-17)23(18-6-3-7-18)19-10-12-22(13-11-19)21(25)26/h1-2,4-5,8-9,14,18-19H,3,6-7,10-13H2,(H,25,26). The maximum absolute atomic E-state index is 13.3. The third kappa shape index (κ3) is 3.14. The molecule has 1 heterocycles. The van der Waals surface area contributed by atoms with Gasteiger partial charge in [0.15, 0.2) is 0 Å². The summed E-state index contributed by atoms with van der Waals surface area (Å²) in [4.78, 5) is 28.0. The molecule has 0 atom stereocenters. The monoisotopic (exact) mass is 352 g/mol. The van der Waals surface area contributed by atoms with Crippen LogP contribution in [0.15, 0.2) is 42.5 Å². The molecule has 1 saturated heterocycles. The van der Waals surface area contributed by atoms with Gasteiger partial charge in [0, 0.05) is 30.7 Å². The van der Waals surface area contributed by atoms with Gasteiger partial charge in [0.1, 0.15) is 0 Å². The zero-order valence-corrected chi connectivity index (χ0v) is 14.8. The SMILES string of the molecule is O=C(O)N1CCC(N(C(=O)c2ccc3ccccc3c2)C2CCC2)CC1. The molecule has 0 spiro atoms. The number of carbonyl (C=O) groups excluding carboxylic acids is 1. The van der Waals surface area contributed by atoms with E-state index in [-0.39, 0.29) is 11.9 Å². The molecule has 1 aliphatic carbocycles. The van der Waals surface area contributed by atoms with E-state index < -0.39 is 6.09 Å². The Hall–Kier alpha value is -2.56. The number of hydrogen-bond donors (Lipinski definition) is 1. The zero-order chi connectivity index (χ0) is 18.1. The van der Waals surface area contributed by atoms with Gasteiger partial charge in [0.2, 0.25) is 0 Å². The number of benzene rings is 2. The molecule has 4 rings (SSSR count). The molecule has 2 aromatic rings. The van der Waals surface area contributed by atoms with Crippen molar-refractivity contribution in [2.24, 2.45) is 0 Å². The van der Waals surface area contributed by atoms with Crippen LogP contribution in [0.3, 0.4) is 0 Å². The summed E-state index contributed by atoms with van der Waals surface area (Å²) in [6.45, 7) is 1.02. The van der Waals surface area contributed by atoms with Crippen LogP contribution >= 0.6 is 0 Å². The molecule has 0 bridgehead atoms. The molecule has 0 radical (unpaired) electrons. The molecule has 26 heavy (non-hydrogen) atoms. The van der Waals surface area contributed by atoms with Crippen LogP contribution in [0.25, 0.3) is 10.8 Å². The van der Waals surface area contributed by atoms with Crippen molar-refractivity contribution in [3.63, 3.8) is 0 Å². The predicted octanol–water partition coefficient (Wildman–Crippen LogP) is 3.98. The fraction of sp³-hybridized carbons (Fsp3) is 0.429. The average Bonchev–Trinajstić information content (AvgIpc) is 2.63. The Labute approximate surface area is 153 Å². The Morgan fingerprint density at radius 1 is 0.923 bits per heavy atom. The number of carboxylic acid groups (broad SMARTS) is 1. The molecule has 2 aliphatic rings. The molecule has 2 amide bonds. The first-order valence-corrected chi connectivity index (χ1v) is 9.43. The van der Waals surface area contributed by atoms with Gasteiger partial charge in [0.25, 0.3) is 5.91 Å². The number of amides is 2. The quantitative estimate of drug-likeness (QED) is 0.909. The fourth-order valence-corrected chi connectivity index (χ4v) is 4.10. The van der Waals surface area contributed by atoms with Gasteiger partial charge in [-0.3, -0.25) is 4.79 Å². The van der Waals surface area contributed by atoms with Gasteiger partial charge in [-0.1, -0.05) is 30.3 Å². The summed E-state index contributed by atoms with van der Waals surface area (Å²) in [7, 11) is 0. The van der Waals surface area contributed by atoms with Crippen molar-refractivity contribution in [3.8, 4) is 0 Å². The number of rotatable bonds is 3. The molecule has 0 unspecified atom stereocenters. The lowest BCUT2D eigenvalue weighted by Gasteiger charge is -2.45. The van der Waals surface area contributed by atoms with E-state index in [2.05, 4.69) is 11.0 Å². The minimum Gasteiger partial charge on any atom is -0.465 e. The van der Waals surface area contributed by atoms with Gasteiger partial charge in [0.05, 0.1) is 0 Å². The number of piperidine rings is 1. The Morgan fingerprint density at radius 2 is 1.58 bits per heavy atom. The van der Waals surface area contributed by atoms with Crippen molar-refractivity contribution in [2.75, 3.05) is 13.1 Å². The summed E-state index contributed by atoms with van der Waals surface area (Å²) in [5.41, 5.74) is 0.733. The third-order valence-corrected chi connectivity index (χ3v) is 5.83. The van der Waals surface area contributed by atoms with E-state index in [1.807, 2.05) is 36.4 Å². The highest BCUT2D eigenvalue weighted by Crippen LogP contribution is 2.32. The van der Waals surface area contributed by atoms with E-state index in [9.17, 15) is 9.59 Å². The lowest BCUT2D eigenvalue weighted by Crippen LogP contribution is -2.54. The molecule has 1 aliphatic heterocycles. The van der Waals surface area contributed by atoms with Crippen LogP contribution in [0.1, 0.15) is 42.5 Å². The maximum atomic E-state index is 13.3. The van der Waals surface area contributed by atoms with Crippen LogP contribution in [0.5, 0.6) is 0 Å². The molecular weight excluding hydrogens is 328 g/mol. The van der Waals surface area contributed by atoms with Crippen molar-refractivity contribution in [1.29, 1.82) is 0 Å². The second-order valence-electron chi connectivity index (χ2n) is 7.36. The highest BCUT2D eigenvalue weighted by atomic mass is 16.4. The van der Waals surface area contributed by atoms with Crippen LogP contribution in [-0.4, -0.2) is 52.1 Å². The lowest BCUT2D eigenvalue weighted by atomic mass is 9.87. The number of likely N-dealkylation sites (tertiary alicyclic amines) is 1. The number of carbonyl (C=O) groups is 2. The lowest BCUT2D eigenvalue weighted by molar-refractivity contribution is 0.0302. The highest BCUT2D eigenvalue weighted by molar-refractivity contribution is 5.99. The second-order valence-corrected chi connectivity index (χ2v) is 7.36. The molecule has 1 saturated carbocycles.